The fraction of sp³-hybridized carbons (Fsp3) is 0.294. The highest BCUT2D eigenvalue weighted by Crippen LogP contribution is 2.23. The van der Waals surface area contributed by atoms with Crippen molar-refractivity contribution < 1.29 is 4.79 Å². The minimum absolute atomic E-state index is 0.287. The molecule has 3 rings (SSSR count). The largest absolute Gasteiger partial charge is 0.328 e. The fourth-order valence-electron chi connectivity index (χ4n) is 2.66. The Morgan fingerprint density at radius 1 is 1.32 bits per heavy atom. The summed E-state index contributed by atoms with van der Waals surface area (Å²) >= 11 is 1.42. The van der Waals surface area contributed by atoms with E-state index in [4.69, 9.17) is 0 Å². The van der Waals surface area contributed by atoms with E-state index in [1.165, 1.54) is 17.4 Å². The number of hydrogen-bond donors (Lipinski definition) is 2. The van der Waals surface area contributed by atoms with Crippen LogP contribution in [0.15, 0.2) is 27.8 Å². The third-order valence-electron chi connectivity index (χ3n) is 4.01. The lowest BCUT2D eigenvalue weighted by Crippen LogP contribution is -2.34. The van der Waals surface area contributed by atoms with Gasteiger partial charge in [-0.25, -0.2) is 9.78 Å². The van der Waals surface area contributed by atoms with Gasteiger partial charge in [0.1, 0.15) is 0 Å². The molecule has 0 saturated carbocycles. The monoisotopic (exact) mass is 358 g/mol. The number of aryl methyl sites for hydroxylation is 2. The number of aromatic nitrogens is 3. The van der Waals surface area contributed by atoms with Crippen LogP contribution in [0.4, 0.5) is 5.13 Å². The molecule has 3 aromatic rings. The molecule has 0 aliphatic carbocycles. The minimum Gasteiger partial charge on any atom is -0.307 e. The molecule has 0 spiro atoms. The molecule has 130 valence electrons. The van der Waals surface area contributed by atoms with Gasteiger partial charge in [0.25, 0.3) is 11.5 Å². The molecule has 25 heavy (non-hydrogen) atoms. The van der Waals surface area contributed by atoms with Crippen molar-refractivity contribution in [2.24, 2.45) is 0 Å². The Bertz CT molecular complexity index is 1080. The molecule has 0 fully saturated rings. The van der Waals surface area contributed by atoms with Gasteiger partial charge in [0.15, 0.2) is 5.13 Å². The van der Waals surface area contributed by atoms with Crippen LogP contribution < -0.4 is 16.6 Å². The van der Waals surface area contributed by atoms with E-state index in [0.717, 1.165) is 21.6 Å². The molecule has 2 aromatic heterocycles. The number of nitrogens with zero attached hydrogens (tertiary/aromatic N) is 2. The van der Waals surface area contributed by atoms with Crippen LogP contribution in [0, 0.1) is 6.92 Å². The lowest BCUT2D eigenvalue weighted by atomic mass is 10.1. The minimum atomic E-state index is -0.485. The van der Waals surface area contributed by atoms with E-state index in [2.05, 4.69) is 15.3 Å². The normalized spacial score (nSPS) is 11.0. The lowest BCUT2D eigenvalue weighted by Gasteiger charge is -2.06. The first-order valence-corrected chi connectivity index (χ1v) is 8.80. The summed E-state index contributed by atoms with van der Waals surface area (Å²) in [6.45, 7) is 5.99. The first-order valence-electron chi connectivity index (χ1n) is 7.99. The molecule has 1 amide bonds. The summed E-state index contributed by atoms with van der Waals surface area (Å²) in [6.07, 6.45) is 0.805. The number of rotatable bonds is 4. The van der Waals surface area contributed by atoms with Crippen LogP contribution in [0.3, 0.4) is 0 Å². The SMILES string of the molecule is CCc1nc(NC(=O)c2ccc3c(=O)n(CC)c(=O)[nH]c3c2)sc1C. The van der Waals surface area contributed by atoms with E-state index < -0.39 is 5.69 Å². The van der Waals surface area contributed by atoms with E-state index in [1.54, 1.807) is 19.1 Å². The maximum Gasteiger partial charge on any atom is 0.328 e. The number of benzene rings is 1. The molecule has 0 saturated heterocycles. The van der Waals surface area contributed by atoms with Crippen LogP contribution in [0.2, 0.25) is 0 Å². The van der Waals surface area contributed by atoms with E-state index >= 15 is 0 Å². The molecule has 0 aliphatic rings. The topological polar surface area (TPSA) is 96.8 Å². The van der Waals surface area contributed by atoms with Gasteiger partial charge in [0.2, 0.25) is 0 Å². The van der Waals surface area contributed by atoms with Gasteiger partial charge >= 0.3 is 5.69 Å². The Labute approximate surface area is 147 Å². The van der Waals surface area contributed by atoms with Gasteiger partial charge in [-0.05, 0) is 38.5 Å². The van der Waals surface area contributed by atoms with Crippen molar-refractivity contribution in [1.82, 2.24) is 14.5 Å². The number of hydrogen-bond acceptors (Lipinski definition) is 5. The maximum absolute atomic E-state index is 12.4. The third-order valence-corrected chi connectivity index (χ3v) is 4.94. The van der Waals surface area contributed by atoms with Crippen molar-refractivity contribution in [3.8, 4) is 0 Å². The summed E-state index contributed by atoms with van der Waals surface area (Å²) in [5, 5.41) is 3.67. The quantitative estimate of drug-likeness (QED) is 0.748. The van der Waals surface area contributed by atoms with Gasteiger partial charge < -0.3 is 4.98 Å². The summed E-state index contributed by atoms with van der Waals surface area (Å²) in [4.78, 5) is 44.7. The van der Waals surface area contributed by atoms with Gasteiger partial charge in [0.05, 0.1) is 16.6 Å². The summed E-state index contributed by atoms with van der Waals surface area (Å²) in [5.74, 6) is -0.334. The van der Waals surface area contributed by atoms with E-state index in [-0.39, 0.29) is 18.0 Å². The van der Waals surface area contributed by atoms with Crippen LogP contribution in [0.25, 0.3) is 10.9 Å². The number of nitrogens with one attached hydrogen (secondary N) is 2. The molecule has 0 unspecified atom stereocenters. The molecule has 8 heteroatoms. The van der Waals surface area contributed by atoms with Crippen LogP contribution in [0.1, 0.15) is 34.8 Å². The van der Waals surface area contributed by atoms with Crippen LogP contribution in [-0.4, -0.2) is 20.4 Å². The average molecular weight is 358 g/mol. The smallest absolute Gasteiger partial charge is 0.307 e. The molecule has 2 heterocycles. The number of fused-ring (bicyclic) bond motifs is 1. The molecule has 1 aromatic carbocycles. The summed E-state index contributed by atoms with van der Waals surface area (Å²) in [7, 11) is 0. The Hall–Kier alpha value is -2.74. The number of aromatic amines is 1. The van der Waals surface area contributed by atoms with Crippen molar-refractivity contribution in [2.75, 3.05) is 5.32 Å². The first kappa shape index (κ1) is 17.1. The molecular weight excluding hydrogens is 340 g/mol. The molecule has 0 radical (unpaired) electrons. The lowest BCUT2D eigenvalue weighted by molar-refractivity contribution is 0.102. The molecule has 0 aliphatic heterocycles. The van der Waals surface area contributed by atoms with Crippen LogP contribution >= 0.6 is 11.3 Å². The maximum atomic E-state index is 12.4. The van der Waals surface area contributed by atoms with Crippen molar-refractivity contribution in [2.45, 2.75) is 33.7 Å². The predicted octanol–water partition coefficient (Wildman–Crippen LogP) is 2.29. The van der Waals surface area contributed by atoms with Crippen LogP contribution in [-0.2, 0) is 13.0 Å². The van der Waals surface area contributed by atoms with Crippen molar-refractivity contribution >= 4 is 33.3 Å². The Morgan fingerprint density at radius 2 is 2.08 bits per heavy atom. The average Bonchev–Trinajstić information content (AvgIpc) is 2.94. The second-order valence-electron chi connectivity index (χ2n) is 5.57. The Kier molecular flexibility index (Phi) is 4.54. The van der Waals surface area contributed by atoms with E-state index in [0.29, 0.717) is 21.6 Å². The van der Waals surface area contributed by atoms with Crippen molar-refractivity contribution in [3.63, 3.8) is 0 Å². The number of H-pyrrole nitrogens is 1. The highest BCUT2D eigenvalue weighted by Gasteiger charge is 2.13. The van der Waals surface area contributed by atoms with Crippen LogP contribution in [0.5, 0.6) is 0 Å². The fourth-order valence-corrected chi connectivity index (χ4v) is 3.56. The number of carbonyl (C=O) groups is 1. The molecule has 0 bridgehead atoms. The second kappa shape index (κ2) is 6.64. The summed E-state index contributed by atoms with van der Waals surface area (Å²) < 4.78 is 1.12. The van der Waals surface area contributed by atoms with Crippen molar-refractivity contribution in [1.29, 1.82) is 0 Å². The second-order valence-corrected chi connectivity index (χ2v) is 6.77. The Balaban J connectivity index is 1.97. The van der Waals surface area contributed by atoms with Gasteiger partial charge in [-0.2, -0.15) is 0 Å². The molecule has 0 atom stereocenters. The highest BCUT2D eigenvalue weighted by molar-refractivity contribution is 7.15. The molecule has 2 N–H and O–H groups in total. The predicted molar refractivity (Wildman–Crippen MR) is 98.7 cm³/mol. The summed E-state index contributed by atoms with van der Waals surface area (Å²) in [6, 6.07) is 4.63. The number of amides is 1. The standard InChI is InChI=1S/C17H18N4O3S/c1-4-12-9(3)25-16(18-12)20-14(22)10-6-7-11-13(8-10)19-17(24)21(5-2)15(11)23/h6-8H,4-5H2,1-3H3,(H,19,24)(H,18,20,22). The van der Waals surface area contributed by atoms with E-state index in [1.807, 2.05) is 13.8 Å². The first-order chi connectivity index (χ1) is 11.9. The molecule has 7 nitrogen and oxygen atoms in total. The van der Waals surface area contributed by atoms with Gasteiger partial charge in [0, 0.05) is 17.0 Å². The zero-order valence-electron chi connectivity index (χ0n) is 14.2. The highest BCUT2D eigenvalue weighted by atomic mass is 32.1. The Morgan fingerprint density at radius 3 is 2.72 bits per heavy atom. The summed E-state index contributed by atoms with van der Waals surface area (Å²) in [5.41, 5.74) is 0.805. The third kappa shape index (κ3) is 3.12. The molecular formula is C17H18N4O3S. The number of thiazole rings is 1. The van der Waals surface area contributed by atoms with Gasteiger partial charge in [-0.15, -0.1) is 11.3 Å². The number of carbonyl (C=O) groups excluding carboxylic acids is 1. The number of anilines is 1. The van der Waals surface area contributed by atoms with Crippen molar-refractivity contribution in [3.05, 3.63) is 55.2 Å². The zero-order chi connectivity index (χ0) is 18.1. The van der Waals surface area contributed by atoms with Gasteiger partial charge in [-0.3, -0.25) is 19.5 Å². The zero-order valence-corrected chi connectivity index (χ0v) is 15.0. The van der Waals surface area contributed by atoms with Gasteiger partial charge in [-0.1, -0.05) is 6.92 Å². The van der Waals surface area contributed by atoms with E-state index in [9.17, 15) is 14.4 Å².